The second-order valence-corrected chi connectivity index (χ2v) is 6.14. The van der Waals surface area contributed by atoms with Gasteiger partial charge in [0, 0.05) is 18.8 Å². The molecule has 1 saturated heterocycles. The van der Waals surface area contributed by atoms with Gasteiger partial charge in [0.15, 0.2) is 5.82 Å². The molecule has 0 bridgehead atoms. The minimum absolute atomic E-state index is 0.105. The van der Waals surface area contributed by atoms with Gasteiger partial charge >= 0.3 is 0 Å². The summed E-state index contributed by atoms with van der Waals surface area (Å²) in [5.41, 5.74) is 5.60. The Bertz CT molecular complexity index is 558. The zero-order chi connectivity index (χ0) is 13.3. The number of nitrogens with zero attached hydrogens (tertiary/aromatic N) is 1. The Labute approximate surface area is 109 Å². The van der Waals surface area contributed by atoms with E-state index in [0.29, 0.717) is 0 Å². The van der Waals surface area contributed by atoms with Crippen LogP contribution in [0.1, 0.15) is 0 Å². The van der Waals surface area contributed by atoms with E-state index in [-0.39, 0.29) is 37.0 Å². The maximum atomic E-state index is 13.8. The average Bonchev–Trinajstić information content (AvgIpc) is 2.34. The van der Waals surface area contributed by atoms with Gasteiger partial charge in [-0.1, -0.05) is 11.6 Å². The van der Waals surface area contributed by atoms with E-state index in [1.54, 1.807) is 0 Å². The third-order valence-corrected chi connectivity index (χ3v) is 4.78. The maximum Gasteiger partial charge on any atom is 0.246 e. The van der Waals surface area contributed by atoms with Crippen LogP contribution in [-0.4, -0.2) is 39.0 Å². The van der Waals surface area contributed by atoms with Crippen LogP contribution in [0.25, 0.3) is 0 Å². The number of halogens is 2. The molecule has 0 atom stereocenters. The maximum absolute atomic E-state index is 13.8. The van der Waals surface area contributed by atoms with E-state index in [1.807, 2.05) is 0 Å². The van der Waals surface area contributed by atoms with E-state index < -0.39 is 20.7 Å². The molecule has 1 aliphatic rings. The number of morpholine rings is 1. The number of benzene rings is 1. The van der Waals surface area contributed by atoms with Gasteiger partial charge in [0.05, 0.1) is 18.2 Å². The fourth-order valence-electron chi connectivity index (χ4n) is 1.70. The Kier molecular flexibility index (Phi) is 3.76. The number of hydrogen-bond donors (Lipinski definition) is 1. The van der Waals surface area contributed by atoms with Crippen LogP contribution in [0.15, 0.2) is 17.0 Å². The minimum atomic E-state index is -3.92. The van der Waals surface area contributed by atoms with Crippen LogP contribution in [0, 0.1) is 5.82 Å². The van der Waals surface area contributed by atoms with Crippen molar-refractivity contribution in [3.63, 3.8) is 0 Å². The molecule has 0 aliphatic carbocycles. The highest BCUT2D eigenvalue weighted by atomic mass is 35.5. The van der Waals surface area contributed by atoms with E-state index in [4.69, 9.17) is 22.1 Å². The van der Waals surface area contributed by atoms with E-state index in [2.05, 4.69) is 0 Å². The first kappa shape index (κ1) is 13.5. The molecule has 0 unspecified atom stereocenters. The molecule has 100 valence electrons. The first-order valence-corrected chi connectivity index (χ1v) is 7.07. The Morgan fingerprint density at radius 3 is 2.56 bits per heavy atom. The standard InChI is InChI=1S/C10H12ClFN2O3S/c11-8-5-7(13)6-9(10(8)12)18(15,16)14-1-3-17-4-2-14/h5-6H,1-4,13H2. The van der Waals surface area contributed by atoms with Crippen LogP contribution in [0.2, 0.25) is 5.02 Å². The molecule has 0 amide bonds. The predicted molar refractivity (Wildman–Crippen MR) is 65.4 cm³/mol. The summed E-state index contributed by atoms with van der Waals surface area (Å²) in [6.07, 6.45) is 0. The summed E-state index contributed by atoms with van der Waals surface area (Å²) < 4.78 is 44.5. The summed E-state index contributed by atoms with van der Waals surface area (Å²) in [6.45, 7) is 0.955. The highest BCUT2D eigenvalue weighted by Crippen LogP contribution is 2.28. The van der Waals surface area contributed by atoms with Crippen molar-refractivity contribution in [2.75, 3.05) is 32.0 Å². The van der Waals surface area contributed by atoms with Gasteiger partial charge in [-0.25, -0.2) is 12.8 Å². The molecule has 1 fully saturated rings. The van der Waals surface area contributed by atoms with Crippen molar-refractivity contribution >= 4 is 27.3 Å². The monoisotopic (exact) mass is 294 g/mol. The van der Waals surface area contributed by atoms with E-state index in [0.717, 1.165) is 10.4 Å². The van der Waals surface area contributed by atoms with Gasteiger partial charge in [-0.3, -0.25) is 0 Å². The zero-order valence-corrected chi connectivity index (χ0v) is 11.0. The lowest BCUT2D eigenvalue weighted by Crippen LogP contribution is -2.40. The summed E-state index contributed by atoms with van der Waals surface area (Å²) in [5, 5.41) is -0.304. The van der Waals surface area contributed by atoms with Crippen molar-refractivity contribution in [2.24, 2.45) is 0 Å². The van der Waals surface area contributed by atoms with Crippen LogP contribution >= 0.6 is 11.6 Å². The van der Waals surface area contributed by atoms with Gasteiger partial charge in [0.1, 0.15) is 4.90 Å². The highest BCUT2D eigenvalue weighted by molar-refractivity contribution is 7.89. The molecule has 0 spiro atoms. The number of nitrogen functional groups attached to an aromatic ring is 1. The molecule has 2 N–H and O–H groups in total. The third-order valence-electron chi connectivity index (χ3n) is 2.61. The molecule has 8 heteroatoms. The lowest BCUT2D eigenvalue weighted by molar-refractivity contribution is 0.0729. The quantitative estimate of drug-likeness (QED) is 0.829. The van der Waals surface area contributed by atoms with Crippen LogP contribution in [0.4, 0.5) is 10.1 Å². The molecule has 1 aliphatic heterocycles. The molecule has 1 aromatic carbocycles. The Hall–Kier alpha value is -0.890. The SMILES string of the molecule is Nc1cc(Cl)c(F)c(S(=O)(=O)N2CCOCC2)c1. The Morgan fingerprint density at radius 2 is 1.94 bits per heavy atom. The van der Waals surface area contributed by atoms with Crippen molar-refractivity contribution in [3.8, 4) is 0 Å². The molecular weight excluding hydrogens is 283 g/mol. The van der Waals surface area contributed by atoms with Gasteiger partial charge in [0.2, 0.25) is 10.0 Å². The summed E-state index contributed by atoms with van der Waals surface area (Å²) in [5.74, 6) is -0.975. The molecule has 1 heterocycles. The van der Waals surface area contributed by atoms with E-state index in [1.165, 1.54) is 6.07 Å². The van der Waals surface area contributed by atoms with Crippen molar-refractivity contribution in [1.29, 1.82) is 0 Å². The Balaban J connectivity index is 2.46. The largest absolute Gasteiger partial charge is 0.399 e. The number of sulfonamides is 1. The molecular formula is C10H12ClFN2O3S. The van der Waals surface area contributed by atoms with E-state index in [9.17, 15) is 12.8 Å². The van der Waals surface area contributed by atoms with E-state index >= 15 is 0 Å². The summed E-state index contributed by atoms with van der Waals surface area (Å²) in [4.78, 5) is -0.491. The first-order chi connectivity index (χ1) is 8.43. The second kappa shape index (κ2) is 5.00. The van der Waals surface area contributed by atoms with Crippen LogP contribution in [0.5, 0.6) is 0 Å². The van der Waals surface area contributed by atoms with Gasteiger partial charge < -0.3 is 10.5 Å². The molecule has 0 aromatic heterocycles. The average molecular weight is 295 g/mol. The number of nitrogens with two attached hydrogens (primary N) is 1. The molecule has 2 rings (SSSR count). The molecule has 18 heavy (non-hydrogen) atoms. The zero-order valence-electron chi connectivity index (χ0n) is 9.40. The van der Waals surface area contributed by atoms with Crippen LogP contribution in [0.3, 0.4) is 0 Å². The normalized spacial score (nSPS) is 17.9. The minimum Gasteiger partial charge on any atom is -0.399 e. The number of rotatable bonds is 2. The van der Waals surface area contributed by atoms with Gasteiger partial charge in [-0.05, 0) is 12.1 Å². The molecule has 5 nitrogen and oxygen atoms in total. The lowest BCUT2D eigenvalue weighted by atomic mass is 10.3. The smallest absolute Gasteiger partial charge is 0.246 e. The third kappa shape index (κ3) is 2.44. The summed E-state index contributed by atoms with van der Waals surface area (Å²) in [7, 11) is -3.92. The van der Waals surface area contributed by atoms with Gasteiger partial charge in [-0.15, -0.1) is 0 Å². The Morgan fingerprint density at radius 1 is 1.33 bits per heavy atom. The molecule has 0 saturated carbocycles. The van der Waals surface area contributed by atoms with Gasteiger partial charge in [0.25, 0.3) is 0 Å². The van der Waals surface area contributed by atoms with Crippen molar-refractivity contribution in [1.82, 2.24) is 4.31 Å². The number of anilines is 1. The van der Waals surface area contributed by atoms with Crippen LogP contribution in [-0.2, 0) is 14.8 Å². The fourth-order valence-corrected chi connectivity index (χ4v) is 3.51. The topological polar surface area (TPSA) is 72.6 Å². The second-order valence-electron chi connectivity index (χ2n) is 3.83. The van der Waals surface area contributed by atoms with Crippen LogP contribution < -0.4 is 5.73 Å². The van der Waals surface area contributed by atoms with Crippen molar-refractivity contribution in [2.45, 2.75) is 4.90 Å². The van der Waals surface area contributed by atoms with Crippen molar-refractivity contribution in [3.05, 3.63) is 23.0 Å². The number of hydrogen-bond acceptors (Lipinski definition) is 4. The fraction of sp³-hybridized carbons (Fsp3) is 0.400. The first-order valence-electron chi connectivity index (χ1n) is 5.25. The highest BCUT2D eigenvalue weighted by Gasteiger charge is 2.30. The molecule has 0 radical (unpaired) electrons. The number of ether oxygens (including phenoxy) is 1. The molecule has 1 aromatic rings. The lowest BCUT2D eigenvalue weighted by Gasteiger charge is -2.26. The summed E-state index contributed by atoms with van der Waals surface area (Å²) in [6, 6.07) is 2.25. The van der Waals surface area contributed by atoms with Gasteiger partial charge in [-0.2, -0.15) is 4.31 Å². The summed E-state index contributed by atoms with van der Waals surface area (Å²) >= 11 is 5.60. The predicted octanol–water partition coefficient (Wildman–Crippen LogP) is 1.08. The van der Waals surface area contributed by atoms with Crippen molar-refractivity contribution < 1.29 is 17.5 Å².